The molecule has 3 aromatic carbocycles. The summed E-state index contributed by atoms with van der Waals surface area (Å²) in [5, 5.41) is 9.33. The molecule has 1 saturated heterocycles. The third kappa shape index (κ3) is 6.49. The van der Waals surface area contributed by atoms with Gasteiger partial charge in [-0.15, -0.1) is 0 Å². The second-order valence-electron chi connectivity index (χ2n) is 9.53. The van der Waals surface area contributed by atoms with Crippen LogP contribution in [0.25, 0.3) is 11.1 Å². The number of carbonyl (C=O) groups is 1. The van der Waals surface area contributed by atoms with Gasteiger partial charge in [0.05, 0.1) is 13.0 Å². The van der Waals surface area contributed by atoms with Gasteiger partial charge in [0.25, 0.3) is 0 Å². The first-order chi connectivity index (χ1) is 19.1. The summed E-state index contributed by atoms with van der Waals surface area (Å²) in [6.45, 7) is 2.16. The molecule has 1 N–H and O–H groups in total. The van der Waals surface area contributed by atoms with Gasteiger partial charge >= 0.3 is 5.97 Å². The Hall–Kier alpha value is -4.52. The zero-order chi connectivity index (χ0) is 27.0. The van der Waals surface area contributed by atoms with Gasteiger partial charge in [-0.05, 0) is 42.2 Å². The fourth-order valence-corrected chi connectivity index (χ4v) is 4.76. The van der Waals surface area contributed by atoms with E-state index in [0.29, 0.717) is 56.7 Å². The molecular formula is C32H32N2O5. The number of aromatic nitrogens is 1. The van der Waals surface area contributed by atoms with Crippen molar-refractivity contribution in [3.63, 3.8) is 0 Å². The molecule has 5 rings (SSSR count). The summed E-state index contributed by atoms with van der Waals surface area (Å²) in [7, 11) is 1.65. The van der Waals surface area contributed by atoms with Crippen LogP contribution in [0.2, 0.25) is 0 Å². The Morgan fingerprint density at radius 2 is 1.46 bits per heavy atom. The number of carboxylic acids is 1. The second-order valence-corrected chi connectivity index (χ2v) is 9.53. The molecule has 1 aliphatic heterocycles. The van der Waals surface area contributed by atoms with Crippen molar-refractivity contribution in [1.82, 2.24) is 4.98 Å². The largest absolute Gasteiger partial charge is 0.496 e. The number of hydrogen-bond acceptors (Lipinski definition) is 6. The van der Waals surface area contributed by atoms with Crippen molar-refractivity contribution in [3.8, 4) is 28.6 Å². The number of aliphatic carboxylic acids is 1. The van der Waals surface area contributed by atoms with Crippen molar-refractivity contribution >= 4 is 11.7 Å². The minimum atomic E-state index is -0.714. The first kappa shape index (κ1) is 26.1. The average molecular weight is 525 g/mol. The summed E-state index contributed by atoms with van der Waals surface area (Å²) in [5.41, 5.74) is 4.74. The molecule has 4 aromatic rings. The van der Waals surface area contributed by atoms with E-state index in [0.717, 1.165) is 27.9 Å². The van der Waals surface area contributed by atoms with Crippen LogP contribution in [-0.4, -0.2) is 36.3 Å². The molecular weight excluding hydrogens is 492 g/mol. The first-order valence-electron chi connectivity index (χ1n) is 13.1. The molecule has 2 heterocycles. The van der Waals surface area contributed by atoms with Crippen LogP contribution >= 0.6 is 0 Å². The zero-order valence-corrected chi connectivity index (χ0v) is 22.0. The van der Waals surface area contributed by atoms with E-state index >= 15 is 0 Å². The Morgan fingerprint density at radius 3 is 2.08 bits per heavy atom. The van der Waals surface area contributed by atoms with Gasteiger partial charge < -0.3 is 24.2 Å². The number of anilines is 1. The van der Waals surface area contributed by atoms with Gasteiger partial charge in [0.2, 0.25) is 11.8 Å². The van der Waals surface area contributed by atoms with Gasteiger partial charge in [-0.25, -0.2) is 0 Å². The van der Waals surface area contributed by atoms with Crippen LogP contribution in [0.5, 0.6) is 17.5 Å². The van der Waals surface area contributed by atoms with Gasteiger partial charge in [-0.3, -0.25) is 4.79 Å². The third-order valence-corrected chi connectivity index (χ3v) is 6.97. The van der Waals surface area contributed by atoms with Crippen LogP contribution in [0.15, 0.2) is 91.0 Å². The molecule has 39 heavy (non-hydrogen) atoms. The molecule has 7 nitrogen and oxygen atoms in total. The second kappa shape index (κ2) is 12.3. The molecule has 0 unspecified atom stereocenters. The van der Waals surface area contributed by atoms with Gasteiger partial charge in [0.15, 0.2) is 0 Å². The molecule has 0 saturated carbocycles. The topological polar surface area (TPSA) is 81.1 Å². The molecule has 7 heteroatoms. The lowest BCUT2D eigenvalue weighted by atomic mass is 9.96. The van der Waals surface area contributed by atoms with E-state index < -0.39 is 5.97 Å². The number of piperidine rings is 1. The Kier molecular flexibility index (Phi) is 8.26. The highest BCUT2D eigenvalue weighted by Gasteiger charge is 2.25. The lowest BCUT2D eigenvalue weighted by Crippen LogP contribution is -2.36. The maximum absolute atomic E-state index is 11.3. The molecule has 1 fully saturated rings. The summed E-state index contributed by atoms with van der Waals surface area (Å²) in [6, 6.07) is 29.8. The monoisotopic (exact) mass is 524 g/mol. The Balaban J connectivity index is 1.41. The highest BCUT2D eigenvalue weighted by molar-refractivity contribution is 5.77. The number of hydrogen-bond donors (Lipinski definition) is 1. The van der Waals surface area contributed by atoms with Gasteiger partial charge in [0, 0.05) is 42.0 Å². The van der Waals surface area contributed by atoms with E-state index in [-0.39, 0.29) is 5.92 Å². The molecule has 0 atom stereocenters. The summed E-state index contributed by atoms with van der Waals surface area (Å²) in [5.74, 6) is 0.632. The molecule has 0 spiro atoms. The van der Waals surface area contributed by atoms with E-state index in [1.165, 1.54) is 0 Å². The highest BCUT2D eigenvalue weighted by atomic mass is 16.5. The van der Waals surface area contributed by atoms with Crippen LogP contribution in [0.4, 0.5) is 5.69 Å². The van der Waals surface area contributed by atoms with Crippen molar-refractivity contribution in [2.24, 2.45) is 5.92 Å². The summed E-state index contributed by atoms with van der Waals surface area (Å²) in [6.07, 6.45) is 1.26. The Labute approximate surface area is 228 Å². The van der Waals surface area contributed by atoms with E-state index in [1.807, 2.05) is 91.0 Å². The predicted molar refractivity (Wildman–Crippen MR) is 150 cm³/mol. The summed E-state index contributed by atoms with van der Waals surface area (Å²) < 4.78 is 18.0. The molecule has 1 aromatic heterocycles. The van der Waals surface area contributed by atoms with Crippen molar-refractivity contribution in [3.05, 3.63) is 102 Å². The number of nitrogens with zero attached hydrogens (tertiary/aromatic N) is 2. The highest BCUT2D eigenvalue weighted by Crippen LogP contribution is 2.39. The van der Waals surface area contributed by atoms with Crippen molar-refractivity contribution in [2.45, 2.75) is 26.1 Å². The number of pyridine rings is 1. The van der Waals surface area contributed by atoms with E-state index in [4.69, 9.17) is 19.2 Å². The van der Waals surface area contributed by atoms with E-state index in [1.54, 1.807) is 7.11 Å². The van der Waals surface area contributed by atoms with Crippen molar-refractivity contribution < 1.29 is 24.1 Å². The molecule has 0 aliphatic carbocycles. The van der Waals surface area contributed by atoms with E-state index in [2.05, 4.69) is 4.90 Å². The molecule has 1 aliphatic rings. The van der Waals surface area contributed by atoms with Gasteiger partial charge in [-0.1, -0.05) is 60.7 Å². The SMILES string of the molecule is COc1cc(N2CCC(C(=O)O)CC2)ccc1-c1ccc(OCc2ccccc2)nc1OCc1ccccc1. The van der Waals surface area contributed by atoms with Gasteiger partial charge in [0.1, 0.15) is 19.0 Å². The number of ether oxygens (including phenoxy) is 3. The normalized spacial score (nSPS) is 13.6. The predicted octanol–water partition coefficient (Wildman–Crippen LogP) is 6.22. The Bertz CT molecular complexity index is 1390. The number of rotatable bonds is 10. The quantitative estimate of drug-likeness (QED) is 0.264. The van der Waals surface area contributed by atoms with Crippen LogP contribution < -0.4 is 19.1 Å². The molecule has 0 amide bonds. The first-order valence-corrected chi connectivity index (χ1v) is 13.1. The number of benzene rings is 3. The minimum absolute atomic E-state index is 0.277. The molecule has 0 radical (unpaired) electrons. The van der Waals surface area contributed by atoms with Gasteiger partial charge in [-0.2, -0.15) is 4.98 Å². The lowest BCUT2D eigenvalue weighted by molar-refractivity contribution is -0.142. The number of methoxy groups -OCH3 is 1. The fourth-order valence-electron chi connectivity index (χ4n) is 4.76. The summed E-state index contributed by atoms with van der Waals surface area (Å²) in [4.78, 5) is 18.3. The minimum Gasteiger partial charge on any atom is -0.496 e. The zero-order valence-electron chi connectivity index (χ0n) is 22.0. The van der Waals surface area contributed by atoms with Crippen molar-refractivity contribution in [1.29, 1.82) is 0 Å². The molecule has 200 valence electrons. The fraction of sp³-hybridized carbons (Fsp3) is 0.250. The Morgan fingerprint density at radius 1 is 0.846 bits per heavy atom. The maximum Gasteiger partial charge on any atom is 0.306 e. The van der Waals surface area contributed by atoms with Crippen LogP contribution in [-0.2, 0) is 18.0 Å². The van der Waals surface area contributed by atoms with E-state index in [9.17, 15) is 9.90 Å². The third-order valence-electron chi connectivity index (χ3n) is 6.97. The average Bonchev–Trinajstić information content (AvgIpc) is 3.00. The van der Waals surface area contributed by atoms with Crippen LogP contribution in [0.1, 0.15) is 24.0 Å². The van der Waals surface area contributed by atoms with Crippen LogP contribution in [0, 0.1) is 5.92 Å². The van der Waals surface area contributed by atoms with Crippen LogP contribution in [0.3, 0.4) is 0 Å². The maximum atomic E-state index is 11.3. The molecule has 0 bridgehead atoms. The standard InChI is InChI=1S/C32H32N2O5/c1-37-29-20-26(34-18-16-25(17-19-34)32(35)36)12-13-27(29)28-14-15-30(38-21-23-8-4-2-5-9-23)33-31(28)39-22-24-10-6-3-7-11-24/h2-15,20,25H,16-19,21-22H2,1H3,(H,35,36). The number of carboxylic acid groups (broad SMARTS) is 1. The van der Waals surface area contributed by atoms with Crippen molar-refractivity contribution in [2.75, 3.05) is 25.1 Å². The summed E-state index contributed by atoms with van der Waals surface area (Å²) >= 11 is 0. The lowest BCUT2D eigenvalue weighted by Gasteiger charge is -2.32. The smallest absolute Gasteiger partial charge is 0.306 e.